The van der Waals surface area contributed by atoms with Gasteiger partial charge in [0.25, 0.3) is 0 Å². The van der Waals surface area contributed by atoms with Crippen molar-refractivity contribution in [3.05, 3.63) is 40.7 Å². The molecule has 0 atom stereocenters. The van der Waals surface area contributed by atoms with Crippen LogP contribution < -0.4 is 5.32 Å². The average molecular weight is 290 g/mol. The molecule has 1 heterocycles. The summed E-state index contributed by atoms with van der Waals surface area (Å²) in [6, 6.07) is 5.65. The Kier molecular flexibility index (Phi) is 3.86. The van der Waals surface area contributed by atoms with Crippen LogP contribution in [0.25, 0.3) is 10.6 Å². The van der Waals surface area contributed by atoms with Crippen molar-refractivity contribution in [1.82, 2.24) is 10.3 Å². The van der Waals surface area contributed by atoms with Crippen LogP contribution in [0.5, 0.6) is 0 Å². The Labute approximate surface area is 111 Å². The first-order chi connectivity index (χ1) is 8.93. The van der Waals surface area contributed by atoms with Crippen LogP contribution in [0.1, 0.15) is 10.6 Å². The van der Waals surface area contributed by atoms with E-state index in [-0.39, 0.29) is 22.0 Å². The minimum atomic E-state index is -4.54. The highest BCUT2D eigenvalue weighted by atomic mass is 32.1. The van der Waals surface area contributed by atoms with Crippen molar-refractivity contribution in [1.29, 1.82) is 0 Å². The normalized spacial score (nSPS) is 11.8. The molecule has 0 bridgehead atoms. The van der Waals surface area contributed by atoms with Crippen LogP contribution in [0.2, 0.25) is 0 Å². The van der Waals surface area contributed by atoms with Gasteiger partial charge in [-0.25, -0.2) is 9.37 Å². The Morgan fingerprint density at radius 1 is 1.26 bits per heavy atom. The Morgan fingerprint density at radius 3 is 2.53 bits per heavy atom. The average Bonchev–Trinajstić information content (AvgIpc) is 2.74. The molecule has 2 nitrogen and oxygen atoms in total. The molecule has 0 saturated carbocycles. The van der Waals surface area contributed by atoms with Crippen molar-refractivity contribution in [2.75, 3.05) is 7.05 Å². The second-order valence-corrected chi connectivity index (χ2v) is 4.88. The summed E-state index contributed by atoms with van der Waals surface area (Å²) in [5, 5.41) is 2.69. The third-order valence-corrected chi connectivity index (χ3v) is 3.50. The molecule has 0 fully saturated rings. The van der Waals surface area contributed by atoms with Crippen LogP contribution in [-0.2, 0) is 12.7 Å². The summed E-state index contributed by atoms with van der Waals surface area (Å²) in [5.74, 6) is -0.582. The zero-order valence-electron chi connectivity index (χ0n) is 9.88. The predicted molar refractivity (Wildman–Crippen MR) is 65.3 cm³/mol. The van der Waals surface area contributed by atoms with Crippen LogP contribution in [0.15, 0.2) is 24.3 Å². The molecular weight excluding hydrogens is 280 g/mol. The van der Waals surface area contributed by atoms with E-state index >= 15 is 0 Å². The van der Waals surface area contributed by atoms with Crippen LogP contribution >= 0.6 is 11.3 Å². The number of rotatable bonds is 3. The van der Waals surface area contributed by atoms with Crippen LogP contribution in [-0.4, -0.2) is 12.0 Å². The summed E-state index contributed by atoms with van der Waals surface area (Å²) >= 11 is 0.845. The van der Waals surface area contributed by atoms with E-state index in [1.54, 1.807) is 13.1 Å². The summed E-state index contributed by atoms with van der Waals surface area (Å²) < 4.78 is 52.0. The van der Waals surface area contributed by atoms with Gasteiger partial charge in [-0.05, 0) is 19.2 Å². The Morgan fingerprint density at radius 2 is 1.95 bits per heavy atom. The van der Waals surface area contributed by atoms with E-state index in [0.717, 1.165) is 11.3 Å². The first kappa shape index (κ1) is 14.0. The monoisotopic (exact) mass is 290 g/mol. The lowest BCUT2D eigenvalue weighted by Crippen LogP contribution is -2.12. The van der Waals surface area contributed by atoms with Gasteiger partial charge in [0.2, 0.25) is 0 Å². The fraction of sp³-hybridized carbons (Fsp3) is 0.250. The number of benzene rings is 1. The van der Waals surface area contributed by atoms with Crippen molar-refractivity contribution in [2.45, 2.75) is 12.7 Å². The van der Waals surface area contributed by atoms with Crippen molar-refractivity contribution in [3.63, 3.8) is 0 Å². The van der Waals surface area contributed by atoms with Gasteiger partial charge in [0.1, 0.15) is 10.8 Å². The molecule has 0 aliphatic carbocycles. The molecule has 0 saturated heterocycles. The molecule has 0 unspecified atom stereocenters. The van der Waals surface area contributed by atoms with Crippen molar-refractivity contribution in [3.8, 4) is 10.6 Å². The van der Waals surface area contributed by atoms with Gasteiger partial charge in [0.15, 0.2) is 5.69 Å². The summed E-state index contributed by atoms with van der Waals surface area (Å²) in [7, 11) is 1.54. The van der Waals surface area contributed by atoms with Gasteiger partial charge >= 0.3 is 6.18 Å². The third-order valence-electron chi connectivity index (χ3n) is 2.41. The fourth-order valence-electron chi connectivity index (χ4n) is 1.60. The minimum absolute atomic E-state index is 0.0377. The highest BCUT2D eigenvalue weighted by Crippen LogP contribution is 2.38. The zero-order chi connectivity index (χ0) is 14.0. The Hall–Kier alpha value is -1.47. The van der Waals surface area contributed by atoms with Gasteiger partial charge in [-0.1, -0.05) is 12.1 Å². The van der Waals surface area contributed by atoms with Crippen LogP contribution in [0.3, 0.4) is 0 Å². The number of nitrogens with one attached hydrogen (secondary N) is 1. The van der Waals surface area contributed by atoms with Crippen LogP contribution in [0.4, 0.5) is 17.6 Å². The van der Waals surface area contributed by atoms with Crippen molar-refractivity contribution >= 4 is 11.3 Å². The third kappa shape index (κ3) is 2.93. The summed E-state index contributed by atoms with van der Waals surface area (Å²) in [4.78, 5) is 3.59. The highest BCUT2D eigenvalue weighted by Gasteiger charge is 2.37. The number of nitrogens with zero attached hydrogens (tertiary/aromatic N) is 1. The molecule has 1 aromatic heterocycles. The lowest BCUT2D eigenvalue weighted by molar-refractivity contribution is -0.141. The largest absolute Gasteiger partial charge is 0.434 e. The molecular formula is C12H10F4N2S. The Balaban J connectivity index is 2.52. The number of halogens is 4. The molecule has 102 valence electrons. The lowest BCUT2D eigenvalue weighted by atomic mass is 10.2. The standard InChI is InChI=1S/C12H10F4N2S/c1-17-6-9-10(12(14,15)16)18-11(19-9)7-4-2-3-5-8(7)13/h2-5,17H,6H2,1H3. The van der Waals surface area contributed by atoms with Gasteiger partial charge < -0.3 is 5.32 Å². The number of aromatic nitrogens is 1. The number of hydrogen-bond donors (Lipinski definition) is 1. The van der Waals surface area contributed by atoms with Gasteiger partial charge in [-0.3, -0.25) is 0 Å². The van der Waals surface area contributed by atoms with Crippen molar-refractivity contribution in [2.24, 2.45) is 0 Å². The van der Waals surface area contributed by atoms with Crippen molar-refractivity contribution < 1.29 is 17.6 Å². The fourth-order valence-corrected chi connectivity index (χ4v) is 2.72. The first-order valence-corrected chi connectivity index (χ1v) is 6.21. The van der Waals surface area contributed by atoms with Gasteiger partial charge in [-0.15, -0.1) is 11.3 Å². The second-order valence-electron chi connectivity index (χ2n) is 3.80. The molecule has 19 heavy (non-hydrogen) atoms. The maximum atomic E-state index is 13.6. The van der Waals surface area contributed by atoms with E-state index in [0.29, 0.717) is 0 Å². The summed E-state index contributed by atoms with van der Waals surface area (Å²) in [6.07, 6.45) is -4.54. The molecule has 2 rings (SSSR count). The van der Waals surface area contributed by atoms with E-state index in [4.69, 9.17) is 0 Å². The summed E-state index contributed by atoms with van der Waals surface area (Å²) in [6.45, 7) is 0.0426. The Bertz CT molecular complexity index is 577. The number of hydrogen-bond acceptors (Lipinski definition) is 3. The molecule has 7 heteroatoms. The quantitative estimate of drug-likeness (QED) is 0.872. The zero-order valence-corrected chi connectivity index (χ0v) is 10.7. The molecule has 0 aliphatic rings. The molecule has 0 radical (unpaired) electrons. The maximum absolute atomic E-state index is 13.6. The van der Waals surface area contributed by atoms with Gasteiger partial charge in [0, 0.05) is 12.1 Å². The topological polar surface area (TPSA) is 24.9 Å². The lowest BCUT2D eigenvalue weighted by Gasteiger charge is -2.04. The number of thiazole rings is 1. The van der Waals surface area contributed by atoms with E-state index in [9.17, 15) is 17.6 Å². The molecule has 1 aromatic carbocycles. The van der Waals surface area contributed by atoms with E-state index < -0.39 is 17.7 Å². The van der Waals surface area contributed by atoms with E-state index in [1.807, 2.05) is 0 Å². The van der Waals surface area contributed by atoms with Crippen LogP contribution in [0, 0.1) is 5.82 Å². The molecule has 1 N–H and O–H groups in total. The van der Waals surface area contributed by atoms with E-state index in [1.165, 1.54) is 18.2 Å². The first-order valence-electron chi connectivity index (χ1n) is 5.40. The maximum Gasteiger partial charge on any atom is 0.434 e. The number of alkyl halides is 3. The SMILES string of the molecule is CNCc1sc(-c2ccccc2F)nc1C(F)(F)F. The predicted octanol–water partition coefficient (Wildman–Crippen LogP) is 3.69. The smallest absolute Gasteiger partial charge is 0.315 e. The second kappa shape index (κ2) is 5.26. The van der Waals surface area contributed by atoms with Gasteiger partial charge in [-0.2, -0.15) is 13.2 Å². The molecule has 0 amide bonds. The summed E-state index contributed by atoms with van der Waals surface area (Å²) in [5.41, 5.74) is -0.870. The molecule has 2 aromatic rings. The van der Waals surface area contributed by atoms with Gasteiger partial charge in [0.05, 0.1) is 4.88 Å². The molecule has 0 aliphatic heterocycles. The minimum Gasteiger partial charge on any atom is -0.315 e. The highest BCUT2D eigenvalue weighted by molar-refractivity contribution is 7.15. The van der Waals surface area contributed by atoms with E-state index in [2.05, 4.69) is 10.3 Å². The molecule has 0 spiro atoms.